The van der Waals surface area contributed by atoms with Gasteiger partial charge in [-0.25, -0.2) is 0 Å². The van der Waals surface area contributed by atoms with Gasteiger partial charge in [0.1, 0.15) is 0 Å². The zero-order valence-electron chi connectivity index (χ0n) is 13.4. The zero-order valence-corrected chi connectivity index (χ0v) is 13.4. The molecule has 2 rings (SSSR count). The minimum atomic E-state index is -0.758. The van der Waals surface area contributed by atoms with Gasteiger partial charge < -0.3 is 14.6 Å². The van der Waals surface area contributed by atoms with E-state index in [2.05, 4.69) is 27.7 Å². The van der Waals surface area contributed by atoms with Crippen molar-refractivity contribution in [3.05, 3.63) is 0 Å². The summed E-state index contributed by atoms with van der Waals surface area (Å²) in [6.45, 7) is 10.5. The first-order chi connectivity index (χ1) is 9.12. The maximum atomic E-state index is 11.4. The molecule has 4 heteroatoms. The van der Waals surface area contributed by atoms with E-state index in [-0.39, 0.29) is 17.1 Å². The van der Waals surface area contributed by atoms with E-state index in [0.29, 0.717) is 6.42 Å². The second kappa shape index (κ2) is 4.99. The van der Waals surface area contributed by atoms with Gasteiger partial charge in [-0.3, -0.25) is 4.79 Å². The molecule has 1 N–H and O–H groups in total. The van der Waals surface area contributed by atoms with Crippen molar-refractivity contribution in [1.82, 2.24) is 0 Å². The lowest BCUT2D eigenvalue weighted by atomic mass is 9.75. The summed E-state index contributed by atoms with van der Waals surface area (Å²) in [4.78, 5) is 11.4. The molecule has 0 saturated carbocycles. The summed E-state index contributed by atoms with van der Waals surface area (Å²) in [5.74, 6) is -1.77. The van der Waals surface area contributed by atoms with Crippen molar-refractivity contribution in [3.63, 3.8) is 0 Å². The number of hydrogen-bond acceptors (Lipinski definition) is 3. The van der Waals surface area contributed by atoms with Crippen LogP contribution in [0.3, 0.4) is 0 Å². The van der Waals surface area contributed by atoms with E-state index in [9.17, 15) is 9.90 Å². The molecule has 0 aliphatic carbocycles. The minimum absolute atomic E-state index is 0.0276. The summed E-state index contributed by atoms with van der Waals surface area (Å²) < 4.78 is 12.5. The molecule has 4 nitrogen and oxygen atoms in total. The summed E-state index contributed by atoms with van der Waals surface area (Å²) in [6.07, 6.45) is 3.86. The van der Waals surface area contributed by atoms with Crippen LogP contribution in [0.4, 0.5) is 0 Å². The quantitative estimate of drug-likeness (QED) is 0.860. The molecule has 2 heterocycles. The molecule has 0 aromatic heterocycles. The summed E-state index contributed by atoms with van der Waals surface area (Å²) in [5, 5.41) is 9.34. The van der Waals surface area contributed by atoms with Gasteiger partial charge in [0.15, 0.2) is 5.79 Å². The van der Waals surface area contributed by atoms with Gasteiger partial charge in [0.2, 0.25) is 0 Å². The molecule has 0 radical (unpaired) electrons. The second-order valence-electron chi connectivity index (χ2n) is 7.49. The van der Waals surface area contributed by atoms with Crippen molar-refractivity contribution >= 4 is 5.97 Å². The predicted molar refractivity (Wildman–Crippen MR) is 76.4 cm³/mol. The molecule has 0 bridgehead atoms. The molecule has 1 spiro atoms. The van der Waals surface area contributed by atoms with E-state index >= 15 is 0 Å². The van der Waals surface area contributed by atoms with Crippen molar-refractivity contribution in [3.8, 4) is 0 Å². The highest BCUT2D eigenvalue weighted by molar-refractivity contribution is 5.70. The fraction of sp³-hybridized carbons (Fsp3) is 0.938. The van der Waals surface area contributed by atoms with Crippen molar-refractivity contribution < 1.29 is 19.4 Å². The average molecular weight is 284 g/mol. The monoisotopic (exact) mass is 284 g/mol. The van der Waals surface area contributed by atoms with Gasteiger partial charge in [-0.2, -0.15) is 0 Å². The lowest BCUT2D eigenvalue weighted by molar-refractivity contribution is -0.291. The summed E-state index contributed by atoms with van der Waals surface area (Å²) in [5.41, 5.74) is -0.223. The fourth-order valence-electron chi connectivity index (χ4n) is 3.58. The highest BCUT2D eigenvalue weighted by Crippen LogP contribution is 2.55. The van der Waals surface area contributed by atoms with E-state index in [0.717, 1.165) is 25.7 Å². The minimum Gasteiger partial charge on any atom is -0.481 e. The van der Waals surface area contributed by atoms with Gasteiger partial charge >= 0.3 is 5.97 Å². The number of carbonyl (C=O) groups is 1. The maximum absolute atomic E-state index is 11.4. The molecule has 116 valence electrons. The maximum Gasteiger partial charge on any atom is 0.309 e. The Morgan fingerprint density at radius 3 is 2.45 bits per heavy atom. The number of aliphatic carboxylic acids is 1. The van der Waals surface area contributed by atoms with Gasteiger partial charge in [-0.1, -0.05) is 20.8 Å². The first kappa shape index (κ1) is 15.8. The van der Waals surface area contributed by atoms with Gasteiger partial charge in [0.05, 0.1) is 17.6 Å². The zero-order chi connectivity index (χ0) is 15.2. The Labute approximate surface area is 121 Å². The van der Waals surface area contributed by atoms with Gasteiger partial charge in [0.25, 0.3) is 0 Å². The van der Waals surface area contributed by atoms with Crippen molar-refractivity contribution in [1.29, 1.82) is 0 Å². The number of ether oxygens (including phenoxy) is 2. The SMILES string of the molecule is CCC(C(=O)O)C1CCCC2(CC(C)(C)C(C)(C)O2)O1. The number of rotatable bonds is 3. The molecule has 2 aliphatic rings. The molecule has 0 aromatic carbocycles. The average Bonchev–Trinajstić information content (AvgIpc) is 2.43. The predicted octanol–water partition coefficient (Wildman–Crippen LogP) is 3.59. The van der Waals surface area contributed by atoms with Crippen LogP contribution in [0.2, 0.25) is 0 Å². The number of carboxylic acid groups (broad SMARTS) is 1. The topological polar surface area (TPSA) is 55.8 Å². The lowest BCUT2D eigenvalue weighted by Crippen LogP contribution is -2.46. The second-order valence-corrected chi connectivity index (χ2v) is 7.49. The fourth-order valence-corrected chi connectivity index (χ4v) is 3.58. The Morgan fingerprint density at radius 2 is 2.00 bits per heavy atom. The van der Waals surface area contributed by atoms with Crippen LogP contribution < -0.4 is 0 Å². The van der Waals surface area contributed by atoms with Crippen LogP contribution >= 0.6 is 0 Å². The van der Waals surface area contributed by atoms with Crippen LogP contribution in [0.5, 0.6) is 0 Å². The van der Waals surface area contributed by atoms with Crippen LogP contribution in [-0.2, 0) is 14.3 Å². The smallest absolute Gasteiger partial charge is 0.309 e. The third-order valence-electron chi connectivity index (χ3n) is 5.40. The van der Waals surface area contributed by atoms with E-state index in [1.807, 2.05) is 6.92 Å². The molecule has 3 unspecified atom stereocenters. The highest BCUT2D eigenvalue weighted by atomic mass is 16.7. The third-order valence-corrected chi connectivity index (χ3v) is 5.40. The highest BCUT2D eigenvalue weighted by Gasteiger charge is 2.58. The van der Waals surface area contributed by atoms with Gasteiger partial charge in [-0.05, 0) is 38.5 Å². The third kappa shape index (κ3) is 2.60. The summed E-state index contributed by atoms with van der Waals surface area (Å²) >= 11 is 0. The normalized spacial score (nSPS) is 37.0. The Bertz CT molecular complexity index is 370. The Balaban J connectivity index is 2.17. The van der Waals surface area contributed by atoms with Crippen molar-refractivity contribution in [2.75, 3.05) is 0 Å². The molecule has 2 aliphatic heterocycles. The van der Waals surface area contributed by atoms with Gasteiger partial charge in [0, 0.05) is 12.8 Å². The Morgan fingerprint density at radius 1 is 1.35 bits per heavy atom. The van der Waals surface area contributed by atoms with Crippen LogP contribution in [0.25, 0.3) is 0 Å². The molecule has 20 heavy (non-hydrogen) atoms. The molecular weight excluding hydrogens is 256 g/mol. The van der Waals surface area contributed by atoms with Crippen LogP contribution in [0.15, 0.2) is 0 Å². The Kier molecular flexibility index (Phi) is 3.93. The van der Waals surface area contributed by atoms with Crippen molar-refractivity contribution in [2.45, 2.75) is 84.2 Å². The number of carboxylic acids is 1. The Hall–Kier alpha value is -0.610. The van der Waals surface area contributed by atoms with Crippen LogP contribution in [0, 0.1) is 11.3 Å². The first-order valence-electron chi connectivity index (χ1n) is 7.73. The summed E-state index contributed by atoms with van der Waals surface area (Å²) in [7, 11) is 0. The molecule has 3 atom stereocenters. The van der Waals surface area contributed by atoms with Gasteiger partial charge in [-0.15, -0.1) is 0 Å². The molecule has 2 fully saturated rings. The molecule has 2 saturated heterocycles. The van der Waals surface area contributed by atoms with Crippen LogP contribution in [0.1, 0.15) is 66.7 Å². The van der Waals surface area contributed by atoms with E-state index < -0.39 is 17.7 Å². The lowest BCUT2D eigenvalue weighted by Gasteiger charge is -2.41. The standard InChI is InChI=1S/C16H28O4/c1-6-11(13(17)18)12-8-7-9-16(19-12)10-14(2,3)15(4,5)20-16/h11-12H,6-10H2,1-5H3,(H,17,18). The largest absolute Gasteiger partial charge is 0.481 e. The first-order valence-corrected chi connectivity index (χ1v) is 7.73. The van der Waals surface area contributed by atoms with E-state index in [4.69, 9.17) is 9.47 Å². The van der Waals surface area contributed by atoms with Crippen LogP contribution in [-0.4, -0.2) is 28.6 Å². The van der Waals surface area contributed by atoms with E-state index in [1.165, 1.54) is 0 Å². The summed E-state index contributed by atoms with van der Waals surface area (Å²) in [6, 6.07) is 0. The molecule has 0 amide bonds. The molecule has 0 aromatic rings. The van der Waals surface area contributed by atoms with E-state index in [1.54, 1.807) is 0 Å². The van der Waals surface area contributed by atoms with Crippen molar-refractivity contribution in [2.24, 2.45) is 11.3 Å². The molecular formula is C16H28O4. The number of hydrogen-bond donors (Lipinski definition) is 1.